The molecule has 1 aliphatic carbocycles. The van der Waals surface area contributed by atoms with Crippen LogP contribution in [0.5, 0.6) is 0 Å². The quantitative estimate of drug-likeness (QED) is 0.237. The van der Waals surface area contributed by atoms with Gasteiger partial charge in [0.15, 0.2) is 0 Å². The number of rotatable bonds is 0. The molecule has 0 spiro atoms. The van der Waals surface area contributed by atoms with Crippen molar-refractivity contribution in [3.63, 3.8) is 0 Å². The third kappa shape index (κ3) is 1.85. The standard InChI is InChI=1S/C27H16S/c1-2-6-19-16(5-1)9-12-22-20(19)11-10-17-13-18-14-24-21-7-3-4-8-25(21)28-26(24)15-23(18)27(17)22/h1-12,14-15H,13H2. The Morgan fingerprint density at radius 3 is 2.32 bits per heavy atom. The largest absolute Gasteiger partial charge is 0.135 e. The van der Waals surface area contributed by atoms with Crippen LogP contribution >= 0.6 is 11.3 Å². The first-order valence-electron chi connectivity index (χ1n) is 9.75. The van der Waals surface area contributed by atoms with Crippen molar-refractivity contribution in [2.75, 3.05) is 0 Å². The monoisotopic (exact) mass is 372 g/mol. The Bertz CT molecular complexity index is 1580. The van der Waals surface area contributed by atoms with Crippen LogP contribution in [0.4, 0.5) is 0 Å². The van der Waals surface area contributed by atoms with E-state index in [1.54, 1.807) is 0 Å². The van der Waals surface area contributed by atoms with Crippen molar-refractivity contribution < 1.29 is 0 Å². The van der Waals surface area contributed by atoms with Gasteiger partial charge in [0.25, 0.3) is 0 Å². The van der Waals surface area contributed by atoms with Crippen LogP contribution in [0, 0.1) is 0 Å². The Morgan fingerprint density at radius 1 is 0.536 bits per heavy atom. The molecule has 28 heavy (non-hydrogen) atoms. The average molecular weight is 372 g/mol. The summed E-state index contributed by atoms with van der Waals surface area (Å²) in [6.07, 6.45) is 1.04. The Kier molecular flexibility index (Phi) is 2.76. The Balaban J connectivity index is 1.59. The van der Waals surface area contributed by atoms with Gasteiger partial charge in [-0.05, 0) is 68.4 Å². The zero-order valence-electron chi connectivity index (χ0n) is 15.2. The van der Waals surface area contributed by atoms with Crippen LogP contribution in [0.2, 0.25) is 0 Å². The lowest BCUT2D eigenvalue weighted by Crippen LogP contribution is -1.84. The minimum atomic E-state index is 1.04. The summed E-state index contributed by atoms with van der Waals surface area (Å²) in [5.41, 5.74) is 5.79. The average Bonchev–Trinajstić information content (AvgIpc) is 3.29. The second kappa shape index (κ2) is 5.21. The predicted octanol–water partition coefficient (Wildman–Crippen LogP) is 7.93. The van der Waals surface area contributed by atoms with Gasteiger partial charge in [0, 0.05) is 20.2 Å². The van der Waals surface area contributed by atoms with Crippen LogP contribution in [-0.4, -0.2) is 0 Å². The molecule has 0 radical (unpaired) electrons. The second-order valence-corrected chi connectivity index (χ2v) is 8.85. The maximum Gasteiger partial charge on any atom is 0.0361 e. The molecule has 0 atom stereocenters. The van der Waals surface area contributed by atoms with Gasteiger partial charge in [-0.2, -0.15) is 0 Å². The molecule has 1 aromatic heterocycles. The van der Waals surface area contributed by atoms with Crippen molar-refractivity contribution in [1.29, 1.82) is 0 Å². The fraction of sp³-hybridized carbons (Fsp3) is 0.0370. The molecule has 6 aromatic rings. The van der Waals surface area contributed by atoms with Gasteiger partial charge < -0.3 is 0 Å². The smallest absolute Gasteiger partial charge is 0.0361 e. The molecule has 5 aromatic carbocycles. The molecule has 0 aliphatic heterocycles. The molecule has 0 bridgehead atoms. The molecular formula is C27H16S. The van der Waals surface area contributed by atoms with Crippen LogP contribution in [0.1, 0.15) is 11.1 Å². The Hall–Kier alpha value is -3.16. The summed E-state index contributed by atoms with van der Waals surface area (Å²) < 4.78 is 2.77. The highest BCUT2D eigenvalue weighted by molar-refractivity contribution is 7.25. The lowest BCUT2D eigenvalue weighted by Gasteiger charge is -2.10. The van der Waals surface area contributed by atoms with E-state index in [1.165, 1.54) is 64.0 Å². The molecule has 0 nitrogen and oxygen atoms in total. The van der Waals surface area contributed by atoms with Gasteiger partial charge >= 0.3 is 0 Å². The van der Waals surface area contributed by atoms with E-state index < -0.39 is 0 Å². The first-order chi connectivity index (χ1) is 13.9. The van der Waals surface area contributed by atoms with Crippen molar-refractivity contribution in [3.8, 4) is 11.1 Å². The highest BCUT2D eigenvalue weighted by Gasteiger charge is 2.23. The normalized spacial score (nSPS) is 12.9. The third-order valence-electron chi connectivity index (χ3n) is 6.27. The van der Waals surface area contributed by atoms with Gasteiger partial charge in [0.1, 0.15) is 0 Å². The molecule has 0 fully saturated rings. The fourth-order valence-corrected chi connectivity index (χ4v) is 6.13. The summed E-state index contributed by atoms with van der Waals surface area (Å²) >= 11 is 1.91. The van der Waals surface area contributed by atoms with Crippen LogP contribution in [0.25, 0.3) is 52.8 Å². The van der Waals surface area contributed by atoms with E-state index >= 15 is 0 Å². The lowest BCUT2D eigenvalue weighted by molar-refractivity contribution is 1.27. The van der Waals surface area contributed by atoms with Crippen molar-refractivity contribution in [3.05, 3.63) is 96.1 Å². The SMILES string of the molecule is c1ccc2c(c1)ccc1c3c(ccc12)Cc1cc2c(cc1-3)sc1ccccc12. The minimum Gasteiger partial charge on any atom is -0.135 e. The van der Waals surface area contributed by atoms with Gasteiger partial charge in [-0.3, -0.25) is 0 Å². The van der Waals surface area contributed by atoms with E-state index in [-0.39, 0.29) is 0 Å². The van der Waals surface area contributed by atoms with E-state index in [4.69, 9.17) is 0 Å². The number of hydrogen-bond donors (Lipinski definition) is 0. The Morgan fingerprint density at radius 2 is 1.36 bits per heavy atom. The molecule has 0 unspecified atom stereocenters. The molecule has 1 heterocycles. The minimum absolute atomic E-state index is 1.04. The van der Waals surface area contributed by atoms with Crippen molar-refractivity contribution in [1.82, 2.24) is 0 Å². The topological polar surface area (TPSA) is 0 Å². The molecule has 130 valence electrons. The molecule has 7 rings (SSSR count). The van der Waals surface area contributed by atoms with E-state index in [1.807, 2.05) is 11.3 Å². The molecule has 0 N–H and O–H groups in total. The van der Waals surface area contributed by atoms with E-state index in [2.05, 4.69) is 84.9 Å². The maximum absolute atomic E-state index is 2.44. The first kappa shape index (κ1) is 14.8. The molecule has 1 heteroatoms. The molecule has 0 amide bonds. The summed E-state index contributed by atoms with van der Waals surface area (Å²) in [7, 11) is 0. The number of thiophene rings is 1. The molecule has 0 saturated carbocycles. The number of benzene rings is 5. The maximum atomic E-state index is 2.44. The van der Waals surface area contributed by atoms with Crippen LogP contribution in [-0.2, 0) is 6.42 Å². The van der Waals surface area contributed by atoms with E-state index in [9.17, 15) is 0 Å². The molecule has 0 saturated heterocycles. The highest BCUT2D eigenvalue weighted by atomic mass is 32.1. The first-order valence-corrected chi connectivity index (χ1v) is 10.6. The fourth-order valence-electron chi connectivity index (χ4n) is 5.00. The van der Waals surface area contributed by atoms with Gasteiger partial charge in [-0.1, -0.05) is 66.7 Å². The van der Waals surface area contributed by atoms with Gasteiger partial charge in [-0.15, -0.1) is 11.3 Å². The summed E-state index contributed by atoms with van der Waals surface area (Å²) in [5.74, 6) is 0. The van der Waals surface area contributed by atoms with Crippen molar-refractivity contribution in [2.45, 2.75) is 6.42 Å². The van der Waals surface area contributed by atoms with Crippen LogP contribution in [0.3, 0.4) is 0 Å². The van der Waals surface area contributed by atoms with Crippen molar-refractivity contribution >= 4 is 53.1 Å². The highest BCUT2D eigenvalue weighted by Crippen LogP contribution is 2.46. The Labute approximate surface area is 166 Å². The summed E-state index contributed by atoms with van der Waals surface area (Å²) in [6, 6.07) is 31.6. The zero-order valence-corrected chi connectivity index (χ0v) is 16.0. The van der Waals surface area contributed by atoms with E-state index in [0.29, 0.717) is 0 Å². The zero-order chi connectivity index (χ0) is 18.2. The van der Waals surface area contributed by atoms with Crippen LogP contribution < -0.4 is 0 Å². The third-order valence-corrected chi connectivity index (χ3v) is 7.40. The van der Waals surface area contributed by atoms with Gasteiger partial charge in [0.2, 0.25) is 0 Å². The lowest BCUT2D eigenvalue weighted by atomic mass is 9.94. The second-order valence-electron chi connectivity index (χ2n) is 7.76. The summed E-state index contributed by atoms with van der Waals surface area (Å²) in [4.78, 5) is 0. The van der Waals surface area contributed by atoms with Gasteiger partial charge in [0.05, 0.1) is 0 Å². The molecular weight excluding hydrogens is 356 g/mol. The van der Waals surface area contributed by atoms with Crippen LogP contribution in [0.15, 0.2) is 84.9 Å². The van der Waals surface area contributed by atoms with Crippen molar-refractivity contribution in [2.24, 2.45) is 0 Å². The number of hydrogen-bond acceptors (Lipinski definition) is 1. The number of fused-ring (bicyclic) bond motifs is 10. The molecule has 1 aliphatic rings. The van der Waals surface area contributed by atoms with Gasteiger partial charge in [-0.25, -0.2) is 0 Å². The predicted molar refractivity (Wildman–Crippen MR) is 123 cm³/mol. The summed E-state index contributed by atoms with van der Waals surface area (Å²) in [5, 5.41) is 8.20. The van der Waals surface area contributed by atoms with E-state index in [0.717, 1.165) is 6.42 Å². The summed E-state index contributed by atoms with van der Waals surface area (Å²) in [6.45, 7) is 0.